The lowest BCUT2D eigenvalue weighted by Crippen LogP contribution is -2.24. The van der Waals surface area contributed by atoms with Crippen LogP contribution in [0.15, 0.2) is 48.9 Å². The maximum absolute atomic E-state index is 11.7. The number of nitrogens with one attached hydrogen (secondary N) is 3. The van der Waals surface area contributed by atoms with Crippen LogP contribution in [0.2, 0.25) is 5.02 Å². The van der Waals surface area contributed by atoms with E-state index in [1.165, 1.54) is 18.4 Å². The molecule has 3 N–H and O–H groups in total. The molecular formula is C22H17ClN6OS. The van der Waals surface area contributed by atoms with E-state index < -0.39 is 0 Å². The highest BCUT2D eigenvalue weighted by Crippen LogP contribution is 2.48. The Morgan fingerprint density at radius 3 is 2.71 bits per heavy atom. The molecule has 3 aromatic heterocycles. The third kappa shape index (κ3) is 4.01. The molecule has 31 heavy (non-hydrogen) atoms. The van der Waals surface area contributed by atoms with Crippen molar-refractivity contribution in [2.45, 2.75) is 6.92 Å². The Hall–Kier alpha value is -3.67. The first kappa shape index (κ1) is 20.6. The molecule has 1 aromatic carbocycles. The van der Waals surface area contributed by atoms with Gasteiger partial charge in [-0.3, -0.25) is 5.32 Å². The van der Waals surface area contributed by atoms with Crippen LogP contribution < -0.4 is 10.6 Å². The highest BCUT2D eigenvalue weighted by Gasteiger charge is 2.24. The topological polar surface area (TPSA) is 106 Å². The fourth-order valence-corrected chi connectivity index (χ4v) is 4.75. The molecule has 2 amide bonds. The van der Waals surface area contributed by atoms with Crippen molar-refractivity contribution >= 4 is 34.8 Å². The van der Waals surface area contributed by atoms with Gasteiger partial charge in [0.2, 0.25) is 0 Å². The van der Waals surface area contributed by atoms with Gasteiger partial charge in [-0.2, -0.15) is 5.26 Å². The summed E-state index contributed by atoms with van der Waals surface area (Å²) in [6.45, 7) is 1.96. The molecule has 0 bridgehead atoms. The first-order valence-electron chi connectivity index (χ1n) is 9.30. The molecule has 4 aromatic rings. The number of hydrogen-bond donors (Lipinski definition) is 3. The van der Waals surface area contributed by atoms with Crippen molar-refractivity contribution in [1.82, 2.24) is 20.3 Å². The van der Waals surface area contributed by atoms with E-state index in [1.807, 2.05) is 25.1 Å². The van der Waals surface area contributed by atoms with Crippen LogP contribution in [0.5, 0.6) is 0 Å². The largest absolute Gasteiger partial charge is 0.344 e. The number of urea groups is 1. The first-order chi connectivity index (χ1) is 15.0. The van der Waals surface area contributed by atoms with Crippen LogP contribution >= 0.6 is 22.9 Å². The highest BCUT2D eigenvalue weighted by atomic mass is 35.5. The number of aromatic nitrogens is 3. The number of rotatable bonds is 4. The molecule has 7 nitrogen and oxygen atoms in total. The number of amides is 2. The molecule has 0 atom stereocenters. The number of nitrogens with zero attached hydrogens (tertiary/aromatic N) is 3. The summed E-state index contributed by atoms with van der Waals surface area (Å²) in [5.41, 5.74) is 3.75. The van der Waals surface area contributed by atoms with E-state index >= 15 is 0 Å². The summed E-state index contributed by atoms with van der Waals surface area (Å²) in [6.07, 6.45) is 4.99. The van der Waals surface area contributed by atoms with Gasteiger partial charge >= 0.3 is 6.03 Å². The zero-order chi connectivity index (χ0) is 22.0. The molecule has 154 valence electrons. The number of aromatic amines is 1. The average Bonchev–Trinajstić information content (AvgIpc) is 3.41. The van der Waals surface area contributed by atoms with Crippen molar-refractivity contribution in [3.8, 4) is 38.3 Å². The molecule has 0 aliphatic heterocycles. The highest BCUT2D eigenvalue weighted by molar-refractivity contribution is 7.19. The second-order valence-electron chi connectivity index (χ2n) is 6.68. The van der Waals surface area contributed by atoms with Gasteiger partial charge in [0.05, 0.1) is 15.3 Å². The Morgan fingerprint density at radius 1 is 1.19 bits per heavy atom. The van der Waals surface area contributed by atoms with Crippen LogP contribution in [0.4, 0.5) is 10.6 Å². The third-order valence-corrected chi connectivity index (χ3v) is 6.18. The van der Waals surface area contributed by atoms with Crippen molar-refractivity contribution in [3.63, 3.8) is 0 Å². The molecule has 0 aliphatic rings. The minimum atomic E-state index is -0.375. The Kier molecular flexibility index (Phi) is 5.71. The van der Waals surface area contributed by atoms with Crippen LogP contribution in [0, 0.1) is 18.3 Å². The van der Waals surface area contributed by atoms with Crippen LogP contribution in [0.1, 0.15) is 11.1 Å². The van der Waals surface area contributed by atoms with Crippen LogP contribution in [-0.2, 0) is 0 Å². The van der Waals surface area contributed by atoms with E-state index in [2.05, 4.69) is 31.7 Å². The van der Waals surface area contributed by atoms with Gasteiger partial charge in [-0.05, 0) is 36.2 Å². The summed E-state index contributed by atoms with van der Waals surface area (Å²) in [6, 6.07) is 11.3. The number of thiophene rings is 1. The fourth-order valence-electron chi connectivity index (χ4n) is 3.20. The number of anilines is 1. The first-order valence-corrected chi connectivity index (χ1v) is 10.5. The third-order valence-electron chi connectivity index (χ3n) is 4.62. The molecule has 0 spiro atoms. The number of H-pyrrole nitrogens is 1. The number of imidazole rings is 1. The molecule has 0 unspecified atom stereocenters. The van der Waals surface area contributed by atoms with Gasteiger partial charge in [0.1, 0.15) is 17.7 Å². The van der Waals surface area contributed by atoms with Crippen molar-refractivity contribution < 1.29 is 4.79 Å². The number of carbonyl (C=O) groups is 1. The quantitative estimate of drug-likeness (QED) is 0.385. The average molecular weight is 449 g/mol. The van der Waals surface area contributed by atoms with Crippen LogP contribution in [-0.4, -0.2) is 28.0 Å². The van der Waals surface area contributed by atoms with Gasteiger partial charge in [0, 0.05) is 41.8 Å². The lowest BCUT2D eigenvalue weighted by molar-refractivity contribution is 0.254. The van der Waals surface area contributed by atoms with Crippen molar-refractivity contribution in [2.75, 3.05) is 12.4 Å². The Balaban J connectivity index is 1.94. The summed E-state index contributed by atoms with van der Waals surface area (Å²) in [5, 5.41) is 15.8. The van der Waals surface area contributed by atoms with Crippen LogP contribution in [0.3, 0.4) is 0 Å². The molecule has 0 aliphatic carbocycles. The van der Waals surface area contributed by atoms with Crippen molar-refractivity contribution in [3.05, 3.63) is 65.1 Å². The number of nitriles is 1. The maximum atomic E-state index is 11.7. The number of hydrogen-bond acceptors (Lipinski definition) is 5. The van der Waals surface area contributed by atoms with E-state index in [9.17, 15) is 10.1 Å². The maximum Gasteiger partial charge on any atom is 0.320 e. The Morgan fingerprint density at radius 2 is 2.03 bits per heavy atom. The number of halogens is 1. The Labute approximate surface area is 187 Å². The van der Waals surface area contributed by atoms with Gasteiger partial charge in [-0.1, -0.05) is 23.7 Å². The van der Waals surface area contributed by atoms with E-state index in [-0.39, 0.29) is 6.03 Å². The monoisotopic (exact) mass is 448 g/mol. The molecule has 4 rings (SSSR count). The molecule has 0 saturated heterocycles. The standard InChI is InChI=1S/C22H17ClN6OS/c1-12-3-4-14(16(23)9-12)18-15(11-24)19(31-20(18)21-27-7-8-28-21)13-5-6-26-17(10-13)29-22(30)25-2/h3-10H,1-2H3,(H,27,28)(H2,25,26,29,30). The molecule has 3 heterocycles. The molecule has 0 radical (unpaired) electrons. The number of aryl methyl sites for hydroxylation is 1. The van der Waals surface area contributed by atoms with E-state index in [4.69, 9.17) is 11.6 Å². The fraction of sp³-hybridized carbons (Fsp3) is 0.0909. The van der Waals surface area contributed by atoms with Crippen molar-refractivity contribution in [1.29, 1.82) is 5.26 Å². The predicted octanol–water partition coefficient (Wildman–Crippen LogP) is 5.45. The number of carbonyl (C=O) groups excluding carboxylic acids is 1. The normalized spacial score (nSPS) is 10.5. The van der Waals surface area contributed by atoms with E-state index in [0.29, 0.717) is 22.2 Å². The summed E-state index contributed by atoms with van der Waals surface area (Å²) in [5.74, 6) is 1.03. The summed E-state index contributed by atoms with van der Waals surface area (Å²) < 4.78 is 0. The van der Waals surface area contributed by atoms with Gasteiger partial charge < -0.3 is 10.3 Å². The van der Waals surface area contributed by atoms with E-state index in [0.717, 1.165) is 32.0 Å². The van der Waals surface area contributed by atoms with Gasteiger partial charge in [0.15, 0.2) is 0 Å². The van der Waals surface area contributed by atoms with E-state index in [1.54, 1.807) is 30.7 Å². The van der Waals surface area contributed by atoms with Gasteiger partial charge in [0.25, 0.3) is 0 Å². The molecule has 9 heteroatoms. The molecule has 0 fully saturated rings. The summed E-state index contributed by atoms with van der Waals surface area (Å²) in [7, 11) is 1.53. The lowest BCUT2D eigenvalue weighted by Gasteiger charge is -2.08. The predicted molar refractivity (Wildman–Crippen MR) is 123 cm³/mol. The van der Waals surface area contributed by atoms with Crippen molar-refractivity contribution in [2.24, 2.45) is 0 Å². The number of pyridine rings is 1. The Bertz CT molecular complexity index is 1310. The molecule has 0 saturated carbocycles. The summed E-state index contributed by atoms with van der Waals surface area (Å²) >= 11 is 8.01. The summed E-state index contributed by atoms with van der Waals surface area (Å²) in [4.78, 5) is 24.9. The van der Waals surface area contributed by atoms with Gasteiger partial charge in [-0.25, -0.2) is 14.8 Å². The second kappa shape index (κ2) is 8.60. The minimum absolute atomic E-state index is 0.375. The zero-order valence-electron chi connectivity index (χ0n) is 16.7. The smallest absolute Gasteiger partial charge is 0.320 e. The lowest BCUT2D eigenvalue weighted by atomic mass is 9.97. The zero-order valence-corrected chi connectivity index (χ0v) is 18.2. The minimum Gasteiger partial charge on any atom is -0.344 e. The second-order valence-corrected chi connectivity index (χ2v) is 8.10. The SMILES string of the molecule is CNC(=O)Nc1cc(-c2sc(-c3ncc[nH]3)c(-c3ccc(C)cc3Cl)c2C#N)ccn1. The van der Waals surface area contributed by atoms with Gasteiger partial charge in [-0.15, -0.1) is 11.3 Å². The van der Waals surface area contributed by atoms with Crippen LogP contribution in [0.25, 0.3) is 32.3 Å². The molecular weight excluding hydrogens is 432 g/mol. The number of benzene rings is 1.